The van der Waals surface area contributed by atoms with Crippen molar-refractivity contribution in [1.29, 1.82) is 0 Å². The molecule has 0 fully saturated rings. The minimum Gasteiger partial charge on any atom is -0.361 e. The maximum Gasteiger partial charge on any atom is 0.193 e. The molecule has 0 saturated carbocycles. The van der Waals surface area contributed by atoms with Crippen LogP contribution in [0.5, 0.6) is 0 Å². The van der Waals surface area contributed by atoms with Crippen molar-refractivity contribution >= 4 is 40.8 Å². The normalized spacial score (nSPS) is 11.5. The van der Waals surface area contributed by atoms with Gasteiger partial charge >= 0.3 is 0 Å². The van der Waals surface area contributed by atoms with E-state index in [1.165, 1.54) is 22.0 Å². The van der Waals surface area contributed by atoms with Crippen LogP contribution in [0.25, 0.3) is 10.9 Å². The Morgan fingerprint density at radius 1 is 1.33 bits per heavy atom. The van der Waals surface area contributed by atoms with Gasteiger partial charge in [0.25, 0.3) is 0 Å². The lowest BCUT2D eigenvalue weighted by Crippen LogP contribution is -2.39. The summed E-state index contributed by atoms with van der Waals surface area (Å²) >= 11 is 0. The molecule has 2 heterocycles. The Hall–Kier alpha value is -2.10. The van der Waals surface area contributed by atoms with E-state index in [0.717, 1.165) is 31.2 Å². The molecular formula is C19H28IN7. The summed E-state index contributed by atoms with van der Waals surface area (Å²) in [6.45, 7) is 3.66. The van der Waals surface area contributed by atoms with E-state index in [4.69, 9.17) is 0 Å². The highest BCUT2D eigenvalue weighted by Gasteiger charge is 2.11. The van der Waals surface area contributed by atoms with Gasteiger partial charge in [-0.05, 0) is 24.0 Å². The SMILES string of the molecule is CCc1cccc2c(CCNC(=NC)N(C)Cc3ncnn3C)c[nH]c12.I. The quantitative estimate of drug-likeness (QED) is 0.323. The van der Waals surface area contributed by atoms with E-state index < -0.39 is 0 Å². The molecule has 0 atom stereocenters. The first-order chi connectivity index (χ1) is 12.6. The number of nitrogens with zero attached hydrogens (tertiary/aromatic N) is 5. The molecule has 3 aromatic rings. The van der Waals surface area contributed by atoms with E-state index in [2.05, 4.69) is 61.6 Å². The van der Waals surface area contributed by atoms with Crippen LogP contribution in [0.1, 0.15) is 23.9 Å². The van der Waals surface area contributed by atoms with Crippen LogP contribution in [0.2, 0.25) is 0 Å². The summed E-state index contributed by atoms with van der Waals surface area (Å²) in [4.78, 5) is 14.1. The monoisotopic (exact) mass is 481 g/mol. The molecule has 7 nitrogen and oxygen atoms in total. The van der Waals surface area contributed by atoms with Crippen molar-refractivity contribution in [2.75, 3.05) is 20.6 Å². The number of benzene rings is 1. The standard InChI is InChI=1S/C19H27N7.HI/c1-5-14-7-6-8-16-15(11-22-18(14)16)9-10-21-19(20-2)25(3)12-17-23-13-24-26(17)4;/h6-8,11,13,22H,5,9-10,12H2,1-4H3,(H,20,21);1H. The van der Waals surface area contributed by atoms with Crippen molar-refractivity contribution in [3.8, 4) is 0 Å². The van der Waals surface area contributed by atoms with Crippen molar-refractivity contribution in [3.05, 3.63) is 47.7 Å². The number of H-pyrrole nitrogens is 1. The number of aromatic nitrogens is 4. The van der Waals surface area contributed by atoms with E-state index >= 15 is 0 Å². The minimum absolute atomic E-state index is 0. The summed E-state index contributed by atoms with van der Waals surface area (Å²) in [5.41, 5.74) is 3.95. The third kappa shape index (κ3) is 4.79. The lowest BCUT2D eigenvalue weighted by molar-refractivity contribution is 0.449. The van der Waals surface area contributed by atoms with Crippen molar-refractivity contribution in [1.82, 2.24) is 30.0 Å². The molecule has 3 rings (SSSR count). The molecule has 0 spiro atoms. The maximum absolute atomic E-state index is 4.37. The largest absolute Gasteiger partial charge is 0.361 e. The van der Waals surface area contributed by atoms with Gasteiger partial charge in [-0.1, -0.05) is 25.1 Å². The van der Waals surface area contributed by atoms with Crippen LogP contribution in [0.4, 0.5) is 0 Å². The Balaban J connectivity index is 0.00000261. The van der Waals surface area contributed by atoms with E-state index in [1.54, 1.807) is 18.1 Å². The second-order valence-corrected chi connectivity index (χ2v) is 6.39. The number of para-hydroxylation sites is 1. The van der Waals surface area contributed by atoms with Crippen LogP contribution >= 0.6 is 24.0 Å². The number of halogens is 1. The average molecular weight is 481 g/mol. The van der Waals surface area contributed by atoms with Gasteiger partial charge in [-0.15, -0.1) is 24.0 Å². The van der Waals surface area contributed by atoms with Crippen LogP contribution in [0.3, 0.4) is 0 Å². The molecular weight excluding hydrogens is 453 g/mol. The minimum atomic E-state index is 0. The second-order valence-electron chi connectivity index (χ2n) is 6.39. The molecule has 0 aliphatic rings. The molecule has 0 radical (unpaired) electrons. The number of rotatable bonds is 6. The summed E-state index contributed by atoms with van der Waals surface area (Å²) in [5.74, 6) is 1.75. The van der Waals surface area contributed by atoms with Gasteiger partial charge in [-0.3, -0.25) is 9.67 Å². The Morgan fingerprint density at radius 2 is 2.15 bits per heavy atom. The van der Waals surface area contributed by atoms with Gasteiger partial charge in [0.1, 0.15) is 12.2 Å². The maximum atomic E-state index is 4.37. The summed E-state index contributed by atoms with van der Waals surface area (Å²) in [6.07, 6.45) is 5.66. The van der Waals surface area contributed by atoms with Crippen molar-refractivity contribution in [2.45, 2.75) is 26.3 Å². The number of aryl methyl sites for hydroxylation is 2. The zero-order chi connectivity index (χ0) is 18.5. The number of hydrogen-bond acceptors (Lipinski definition) is 3. The zero-order valence-electron chi connectivity index (χ0n) is 16.4. The third-order valence-electron chi connectivity index (χ3n) is 4.70. The molecule has 0 amide bonds. The van der Waals surface area contributed by atoms with Crippen LogP contribution < -0.4 is 5.32 Å². The van der Waals surface area contributed by atoms with Crippen LogP contribution in [0, 0.1) is 0 Å². The summed E-state index contributed by atoms with van der Waals surface area (Å²) in [7, 11) is 5.70. The fourth-order valence-corrected chi connectivity index (χ4v) is 3.22. The Labute approximate surface area is 177 Å². The van der Waals surface area contributed by atoms with Gasteiger partial charge in [0.2, 0.25) is 0 Å². The first-order valence-electron chi connectivity index (χ1n) is 8.96. The van der Waals surface area contributed by atoms with Gasteiger partial charge in [-0.2, -0.15) is 5.10 Å². The number of aromatic amines is 1. The lowest BCUT2D eigenvalue weighted by atomic mass is 10.1. The second kappa shape index (κ2) is 9.72. The van der Waals surface area contributed by atoms with Crippen LogP contribution in [-0.4, -0.2) is 51.2 Å². The van der Waals surface area contributed by atoms with Gasteiger partial charge in [0.05, 0.1) is 6.54 Å². The summed E-state index contributed by atoms with van der Waals surface area (Å²) in [6, 6.07) is 6.51. The number of nitrogens with one attached hydrogen (secondary N) is 2. The molecule has 0 unspecified atom stereocenters. The molecule has 0 bridgehead atoms. The topological polar surface area (TPSA) is 74.1 Å². The molecule has 2 aromatic heterocycles. The smallest absolute Gasteiger partial charge is 0.193 e. The fourth-order valence-electron chi connectivity index (χ4n) is 3.22. The Morgan fingerprint density at radius 3 is 2.81 bits per heavy atom. The van der Waals surface area contributed by atoms with Gasteiger partial charge in [0, 0.05) is 44.8 Å². The van der Waals surface area contributed by atoms with Gasteiger partial charge in [-0.25, -0.2) is 4.98 Å². The molecule has 2 N–H and O–H groups in total. The highest BCUT2D eigenvalue weighted by molar-refractivity contribution is 14.0. The highest BCUT2D eigenvalue weighted by atomic mass is 127. The summed E-state index contributed by atoms with van der Waals surface area (Å²) < 4.78 is 1.78. The lowest BCUT2D eigenvalue weighted by Gasteiger charge is -2.21. The van der Waals surface area contributed by atoms with Crippen LogP contribution in [-0.2, 0) is 26.4 Å². The molecule has 1 aromatic carbocycles. The molecule has 146 valence electrons. The average Bonchev–Trinajstić information content (AvgIpc) is 3.25. The molecule has 8 heteroatoms. The summed E-state index contributed by atoms with van der Waals surface area (Å²) in [5, 5.41) is 8.86. The van der Waals surface area contributed by atoms with Gasteiger partial charge < -0.3 is 15.2 Å². The van der Waals surface area contributed by atoms with E-state index in [1.807, 2.05) is 14.1 Å². The molecule has 27 heavy (non-hydrogen) atoms. The molecule has 0 saturated heterocycles. The highest BCUT2D eigenvalue weighted by Crippen LogP contribution is 2.22. The number of guanidine groups is 1. The fraction of sp³-hybridized carbons (Fsp3) is 0.421. The Kier molecular flexibility index (Phi) is 7.64. The number of hydrogen-bond donors (Lipinski definition) is 2. The predicted molar refractivity (Wildman–Crippen MR) is 121 cm³/mol. The number of fused-ring (bicyclic) bond motifs is 1. The first kappa shape index (κ1) is 21.2. The predicted octanol–water partition coefficient (Wildman–Crippen LogP) is 2.73. The van der Waals surface area contributed by atoms with Crippen LogP contribution in [0.15, 0.2) is 35.7 Å². The van der Waals surface area contributed by atoms with E-state index in [-0.39, 0.29) is 24.0 Å². The van der Waals surface area contributed by atoms with Crippen molar-refractivity contribution in [2.24, 2.45) is 12.0 Å². The van der Waals surface area contributed by atoms with Crippen molar-refractivity contribution < 1.29 is 0 Å². The third-order valence-corrected chi connectivity index (χ3v) is 4.70. The Bertz CT molecular complexity index is 896. The number of aliphatic imine (C=N–C) groups is 1. The first-order valence-corrected chi connectivity index (χ1v) is 8.96. The molecule has 0 aliphatic heterocycles. The molecule has 0 aliphatic carbocycles. The zero-order valence-corrected chi connectivity index (χ0v) is 18.7. The van der Waals surface area contributed by atoms with Crippen molar-refractivity contribution in [3.63, 3.8) is 0 Å². The van der Waals surface area contributed by atoms with Gasteiger partial charge in [0.15, 0.2) is 5.96 Å². The van der Waals surface area contributed by atoms with E-state index in [0.29, 0.717) is 6.54 Å². The van der Waals surface area contributed by atoms with E-state index in [9.17, 15) is 0 Å².